The second-order valence-electron chi connectivity index (χ2n) is 3.30. The summed E-state index contributed by atoms with van der Waals surface area (Å²) in [6.07, 6.45) is 1.54. The maximum absolute atomic E-state index is 12.6. The summed E-state index contributed by atoms with van der Waals surface area (Å²) in [5.41, 5.74) is 0. The molecule has 0 N–H and O–H groups in total. The molecule has 0 heterocycles. The number of carbonyl (C=O) groups excluding carboxylic acids is 1. The first-order valence-electron chi connectivity index (χ1n) is 5.07. The number of rotatable bonds is 7. The molecule has 0 saturated heterocycles. The Morgan fingerprint density at radius 2 is 2.06 bits per heavy atom. The average molecular weight is 262 g/mol. The molecule has 0 saturated carbocycles. The second-order valence-corrected chi connectivity index (χ2v) is 8.46. The summed E-state index contributed by atoms with van der Waals surface area (Å²) in [6.45, 7) is 1.09. The molecule has 6 heteroatoms. The topological polar surface area (TPSA) is 40.6 Å². The predicted molar refractivity (Wildman–Crippen MR) is 70.3 cm³/mol. The molecule has 4 nitrogen and oxygen atoms in total. The number of hydrogen-bond acceptors (Lipinski definition) is 3. The highest BCUT2D eigenvalue weighted by molar-refractivity contribution is 8.56. The van der Waals surface area contributed by atoms with Crippen LogP contribution in [0.4, 0.5) is 0 Å². The fourth-order valence-corrected chi connectivity index (χ4v) is 5.29. The van der Waals surface area contributed by atoms with Crippen LogP contribution in [0.15, 0.2) is 0 Å². The molecule has 0 radical (unpaired) electrons. The molecular weight excluding hydrogens is 243 g/mol. The Bertz CT molecular complexity index is 323. The van der Waals surface area contributed by atoms with Gasteiger partial charge >= 0.3 is 0 Å². The molecule has 92 valence electrons. The fourth-order valence-electron chi connectivity index (χ4n) is 0.976. The van der Waals surface area contributed by atoms with E-state index < -0.39 is 6.65 Å². The van der Waals surface area contributed by atoms with Crippen molar-refractivity contribution in [1.82, 2.24) is 9.34 Å². The summed E-state index contributed by atoms with van der Waals surface area (Å²) in [5, 5.41) is 0. The van der Waals surface area contributed by atoms with Crippen molar-refractivity contribution in [2.24, 2.45) is 0 Å². The Labute approximate surface area is 102 Å². The Morgan fingerprint density at radius 1 is 1.44 bits per heavy atom. The molecule has 0 aromatic heterocycles. The predicted octanol–water partition coefficient (Wildman–Crippen LogP) is 2.28. The van der Waals surface area contributed by atoms with Crippen molar-refractivity contribution >= 4 is 24.4 Å². The summed E-state index contributed by atoms with van der Waals surface area (Å²) in [7, 11) is 3.44. The lowest BCUT2D eigenvalue weighted by Crippen LogP contribution is -2.25. The van der Waals surface area contributed by atoms with Crippen molar-refractivity contribution in [3.05, 3.63) is 0 Å². The third kappa shape index (κ3) is 4.21. The summed E-state index contributed by atoms with van der Waals surface area (Å²) in [4.78, 5) is 11.0. The van der Waals surface area contributed by atoms with Crippen LogP contribution in [0.5, 0.6) is 0 Å². The SMILES string of the molecule is CC#CCN(C=O)P(=O)(SCCC)N(C)C. The molecule has 0 fully saturated rings. The third-order valence-corrected chi connectivity index (χ3v) is 7.82. The maximum Gasteiger partial charge on any atom is 0.297 e. The van der Waals surface area contributed by atoms with Crippen LogP contribution in [0.2, 0.25) is 0 Å². The lowest BCUT2D eigenvalue weighted by atomic mass is 10.6. The van der Waals surface area contributed by atoms with Gasteiger partial charge in [0.25, 0.3) is 6.65 Å². The highest BCUT2D eigenvalue weighted by Crippen LogP contribution is 2.62. The van der Waals surface area contributed by atoms with Crippen molar-refractivity contribution in [2.75, 3.05) is 26.4 Å². The highest BCUT2D eigenvalue weighted by Gasteiger charge is 2.32. The van der Waals surface area contributed by atoms with E-state index in [0.717, 1.165) is 12.2 Å². The lowest BCUT2D eigenvalue weighted by Gasteiger charge is -2.30. The van der Waals surface area contributed by atoms with Gasteiger partial charge in [-0.15, -0.1) is 5.92 Å². The van der Waals surface area contributed by atoms with Crippen LogP contribution in [-0.2, 0) is 9.36 Å². The second kappa shape index (κ2) is 7.78. The molecule has 0 spiro atoms. The van der Waals surface area contributed by atoms with E-state index in [2.05, 4.69) is 11.8 Å². The highest BCUT2D eigenvalue weighted by atomic mass is 32.7. The molecule has 0 aliphatic carbocycles. The Kier molecular flexibility index (Phi) is 7.57. The molecule has 0 aromatic rings. The van der Waals surface area contributed by atoms with E-state index in [0.29, 0.717) is 6.41 Å². The van der Waals surface area contributed by atoms with Crippen LogP contribution in [0.3, 0.4) is 0 Å². The summed E-state index contributed by atoms with van der Waals surface area (Å²) >= 11 is 1.32. The fraction of sp³-hybridized carbons (Fsp3) is 0.700. The van der Waals surface area contributed by atoms with Gasteiger partial charge in [-0.1, -0.05) is 24.2 Å². The molecule has 1 atom stereocenters. The first-order chi connectivity index (χ1) is 7.52. The third-order valence-electron chi connectivity index (χ3n) is 1.83. The van der Waals surface area contributed by atoms with Crippen LogP contribution in [0, 0.1) is 11.8 Å². The van der Waals surface area contributed by atoms with E-state index in [1.165, 1.54) is 16.1 Å². The van der Waals surface area contributed by atoms with Crippen LogP contribution in [0.25, 0.3) is 0 Å². The molecule has 16 heavy (non-hydrogen) atoms. The Morgan fingerprint density at radius 3 is 2.44 bits per heavy atom. The van der Waals surface area contributed by atoms with Crippen molar-refractivity contribution in [3.8, 4) is 11.8 Å². The molecular formula is C10H19N2O2PS. The Balaban J connectivity index is 4.88. The molecule has 0 aliphatic heterocycles. The van der Waals surface area contributed by atoms with Gasteiger partial charge in [0.15, 0.2) is 0 Å². The molecule has 0 aliphatic rings. The zero-order valence-corrected chi connectivity index (χ0v) is 12.0. The molecule has 0 rings (SSSR count). The van der Waals surface area contributed by atoms with Gasteiger partial charge in [-0.2, -0.15) is 0 Å². The molecule has 1 unspecified atom stereocenters. The minimum Gasteiger partial charge on any atom is -0.278 e. The van der Waals surface area contributed by atoms with Crippen molar-refractivity contribution in [1.29, 1.82) is 0 Å². The van der Waals surface area contributed by atoms with Crippen LogP contribution >= 0.6 is 18.0 Å². The zero-order chi connectivity index (χ0) is 12.6. The van der Waals surface area contributed by atoms with Crippen molar-refractivity contribution in [3.63, 3.8) is 0 Å². The minimum absolute atomic E-state index is 0.214. The van der Waals surface area contributed by atoms with Gasteiger partial charge in [0.1, 0.15) is 0 Å². The molecule has 1 amide bonds. The smallest absolute Gasteiger partial charge is 0.278 e. The zero-order valence-electron chi connectivity index (χ0n) is 10.3. The van der Waals surface area contributed by atoms with Gasteiger partial charge in [0.05, 0.1) is 6.54 Å². The molecule has 0 aromatic carbocycles. The quantitative estimate of drug-likeness (QED) is 0.401. The Hall–Kier alpha value is -0.430. The van der Waals surface area contributed by atoms with Gasteiger partial charge < -0.3 is 0 Å². The summed E-state index contributed by atoms with van der Waals surface area (Å²) < 4.78 is 15.5. The maximum atomic E-state index is 12.6. The van der Waals surface area contributed by atoms with Crippen molar-refractivity contribution < 1.29 is 9.36 Å². The number of nitrogens with zero attached hydrogens (tertiary/aromatic N) is 2. The first-order valence-corrected chi connectivity index (χ1v) is 8.27. The standard InChI is InChI=1S/C10H19N2O2PS/c1-5-7-8-12(10-13)15(14,11(3)4)16-9-6-2/h10H,6,8-9H2,1-4H3. The average Bonchev–Trinajstić information content (AvgIpc) is 2.27. The van der Waals surface area contributed by atoms with Crippen molar-refractivity contribution in [2.45, 2.75) is 20.3 Å². The van der Waals surface area contributed by atoms with E-state index in [-0.39, 0.29) is 6.54 Å². The van der Waals surface area contributed by atoms with E-state index >= 15 is 0 Å². The van der Waals surface area contributed by atoms with Gasteiger partial charge in [-0.25, -0.2) is 4.67 Å². The molecule has 0 bridgehead atoms. The summed E-state index contributed by atoms with van der Waals surface area (Å²) in [5.74, 6) is 6.23. The van der Waals surface area contributed by atoms with Gasteiger partial charge in [0.2, 0.25) is 6.41 Å². The first kappa shape index (κ1) is 15.6. The van der Waals surface area contributed by atoms with Gasteiger partial charge in [0, 0.05) is 5.75 Å². The monoisotopic (exact) mass is 262 g/mol. The normalized spacial score (nSPS) is 13.8. The van der Waals surface area contributed by atoms with Gasteiger partial charge in [-0.3, -0.25) is 14.0 Å². The van der Waals surface area contributed by atoms with Crippen LogP contribution < -0.4 is 0 Å². The van der Waals surface area contributed by atoms with E-state index in [1.54, 1.807) is 25.7 Å². The van der Waals surface area contributed by atoms with E-state index in [4.69, 9.17) is 0 Å². The lowest BCUT2D eigenvalue weighted by molar-refractivity contribution is -0.113. The van der Waals surface area contributed by atoms with Crippen LogP contribution in [0.1, 0.15) is 20.3 Å². The number of carbonyl (C=O) groups is 1. The largest absolute Gasteiger partial charge is 0.297 e. The van der Waals surface area contributed by atoms with Gasteiger partial charge in [-0.05, 0) is 27.4 Å². The van der Waals surface area contributed by atoms with Crippen LogP contribution in [-0.4, -0.2) is 42.1 Å². The van der Waals surface area contributed by atoms with E-state index in [9.17, 15) is 9.36 Å². The minimum atomic E-state index is -2.83. The number of amides is 1. The summed E-state index contributed by atoms with van der Waals surface area (Å²) in [6, 6.07) is 0. The number of hydrogen-bond donors (Lipinski definition) is 0. The van der Waals surface area contributed by atoms with E-state index in [1.807, 2.05) is 6.92 Å².